The minimum atomic E-state index is 0.173. The highest BCUT2D eigenvalue weighted by Crippen LogP contribution is 2.23. The Labute approximate surface area is 122 Å². The molecule has 0 aromatic heterocycles. The van der Waals surface area contributed by atoms with Crippen LogP contribution >= 0.6 is 0 Å². The number of hydrogen-bond acceptors (Lipinski definition) is 1. The second kappa shape index (κ2) is 7.44. The number of nitrogens with two attached hydrogens (primary N) is 1. The molecule has 0 unspecified atom stereocenters. The zero-order valence-electron chi connectivity index (χ0n) is 12.6. The fourth-order valence-electron chi connectivity index (χ4n) is 2.97. The molecule has 3 heteroatoms. The molecule has 1 aliphatic carbocycles. The number of rotatable bonds is 5. The van der Waals surface area contributed by atoms with Crippen molar-refractivity contribution in [1.29, 1.82) is 0 Å². The molecule has 0 aliphatic heterocycles. The van der Waals surface area contributed by atoms with Gasteiger partial charge in [0.25, 0.3) is 5.91 Å². The molecule has 1 aromatic carbocycles. The van der Waals surface area contributed by atoms with E-state index in [9.17, 15) is 4.79 Å². The van der Waals surface area contributed by atoms with Gasteiger partial charge >= 0.3 is 0 Å². The number of amides is 1. The summed E-state index contributed by atoms with van der Waals surface area (Å²) in [6.45, 7) is 4.91. The third-order valence-electron chi connectivity index (χ3n) is 4.44. The van der Waals surface area contributed by atoms with E-state index in [4.69, 9.17) is 0 Å². The average molecular weight is 275 g/mol. The zero-order chi connectivity index (χ0) is 14.4. The van der Waals surface area contributed by atoms with Gasteiger partial charge in [-0.2, -0.15) is 0 Å². The van der Waals surface area contributed by atoms with Crippen LogP contribution in [0.3, 0.4) is 0 Å². The molecule has 1 amide bonds. The highest BCUT2D eigenvalue weighted by molar-refractivity contribution is 5.77. The molecule has 110 valence electrons. The van der Waals surface area contributed by atoms with Crippen molar-refractivity contribution in [3.05, 3.63) is 35.9 Å². The van der Waals surface area contributed by atoms with Gasteiger partial charge in [-0.05, 0) is 25.7 Å². The SMILES string of the molecule is C[C@H]([NH2+]CC(=O)N[C@@H]1CCCC[C@@H]1C)c1ccccc1. The third kappa shape index (κ3) is 4.34. The molecule has 0 bridgehead atoms. The summed E-state index contributed by atoms with van der Waals surface area (Å²) in [7, 11) is 0. The van der Waals surface area contributed by atoms with Crippen LogP contribution in [0.5, 0.6) is 0 Å². The lowest BCUT2D eigenvalue weighted by molar-refractivity contribution is -0.682. The molecular weight excluding hydrogens is 248 g/mol. The van der Waals surface area contributed by atoms with Gasteiger partial charge in [0.15, 0.2) is 6.54 Å². The number of carbonyl (C=O) groups excluding carboxylic acids is 1. The Balaban J connectivity index is 1.74. The summed E-state index contributed by atoms with van der Waals surface area (Å²) in [6.07, 6.45) is 4.94. The number of quaternary nitrogens is 1. The highest BCUT2D eigenvalue weighted by Gasteiger charge is 2.23. The summed E-state index contributed by atoms with van der Waals surface area (Å²) in [4.78, 5) is 12.1. The summed E-state index contributed by atoms with van der Waals surface area (Å²) in [6, 6.07) is 11.0. The summed E-state index contributed by atoms with van der Waals surface area (Å²) < 4.78 is 0. The Bertz CT molecular complexity index is 418. The quantitative estimate of drug-likeness (QED) is 0.848. The maximum atomic E-state index is 12.1. The van der Waals surface area contributed by atoms with E-state index in [-0.39, 0.29) is 5.91 Å². The van der Waals surface area contributed by atoms with E-state index < -0.39 is 0 Å². The van der Waals surface area contributed by atoms with E-state index in [0.29, 0.717) is 24.5 Å². The molecule has 0 spiro atoms. The average Bonchev–Trinajstić information content (AvgIpc) is 2.48. The number of nitrogens with one attached hydrogen (secondary N) is 1. The van der Waals surface area contributed by atoms with Crippen LogP contribution in [0.15, 0.2) is 30.3 Å². The molecule has 1 aromatic rings. The minimum Gasteiger partial charge on any atom is -0.348 e. The van der Waals surface area contributed by atoms with Crippen LogP contribution in [0.4, 0.5) is 0 Å². The number of carbonyl (C=O) groups is 1. The van der Waals surface area contributed by atoms with Gasteiger partial charge in [-0.3, -0.25) is 4.79 Å². The van der Waals surface area contributed by atoms with Crippen molar-refractivity contribution in [2.75, 3.05) is 6.54 Å². The normalized spacial score (nSPS) is 24.1. The first-order valence-corrected chi connectivity index (χ1v) is 7.84. The van der Waals surface area contributed by atoms with Gasteiger partial charge in [-0.25, -0.2) is 0 Å². The Morgan fingerprint density at radius 2 is 2.00 bits per heavy atom. The molecule has 0 radical (unpaired) electrons. The molecule has 3 N–H and O–H groups in total. The van der Waals surface area contributed by atoms with Gasteiger partial charge in [0.05, 0.1) is 0 Å². The van der Waals surface area contributed by atoms with Crippen molar-refractivity contribution in [3.8, 4) is 0 Å². The second-order valence-electron chi connectivity index (χ2n) is 6.07. The summed E-state index contributed by atoms with van der Waals surface area (Å²) >= 11 is 0. The maximum Gasteiger partial charge on any atom is 0.275 e. The minimum absolute atomic E-state index is 0.173. The monoisotopic (exact) mass is 275 g/mol. The van der Waals surface area contributed by atoms with E-state index in [0.717, 1.165) is 6.42 Å². The molecule has 0 heterocycles. The molecule has 2 rings (SSSR count). The Morgan fingerprint density at radius 1 is 1.30 bits per heavy atom. The number of benzene rings is 1. The van der Waals surface area contributed by atoms with Crippen LogP contribution in [0.25, 0.3) is 0 Å². The number of hydrogen-bond donors (Lipinski definition) is 2. The van der Waals surface area contributed by atoms with Crippen molar-refractivity contribution >= 4 is 5.91 Å². The molecule has 3 atom stereocenters. The van der Waals surface area contributed by atoms with E-state index in [1.54, 1.807) is 0 Å². The van der Waals surface area contributed by atoms with E-state index in [1.165, 1.54) is 24.8 Å². The predicted octanol–water partition coefficient (Wildman–Crippen LogP) is 2.01. The van der Waals surface area contributed by atoms with Gasteiger partial charge in [-0.15, -0.1) is 0 Å². The van der Waals surface area contributed by atoms with E-state index in [2.05, 4.69) is 36.6 Å². The Morgan fingerprint density at radius 3 is 2.70 bits per heavy atom. The van der Waals surface area contributed by atoms with Gasteiger partial charge in [0, 0.05) is 11.6 Å². The lowest BCUT2D eigenvalue weighted by Crippen LogP contribution is -2.87. The molecule has 1 aliphatic rings. The summed E-state index contributed by atoms with van der Waals surface area (Å²) in [5, 5.41) is 5.31. The van der Waals surface area contributed by atoms with Crippen molar-refractivity contribution < 1.29 is 10.1 Å². The Hall–Kier alpha value is -1.35. The van der Waals surface area contributed by atoms with Gasteiger partial charge in [0.2, 0.25) is 0 Å². The van der Waals surface area contributed by atoms with Crippen LogP contribution in [-0.2, 0) is 4.79 Å². The Kier molecular flexibility index (Phi) is 5.60. The van der Waals surface area contributed by atoms with Gasteiger partial charge in [-0.1, -0.05) is 50.1 Å². The summed E-state index contributed by atoms with van der Waals surface area (Å²) in [5.74, 6) is 0.797. The van der Waals surface area contributed by atoms with Gasteiger partial charge in [0.1, 0.15) is 6.04 Å². The zero-order valence-corrected chi connectivity index (χ0v) is 12.6. The highest BCUT2D eigenvalue weighted by atomic mass is 16.2. The van der Waals surface area contributed by atoms with Crippen molar-refractivity contribution in [2.45, 2.75) is 51.6 Å². The van der Waals surface area contributed by atoms with Crippen LogP contribution < -0.4 is 10.6 Å². The standard InChI is InChI=1S/C17H26N2O/c1-13-8-6-7-11-16(13)19-17(20)12-18-14(2)15-9-4-3-5-10-15/h3-5,9-10,13-14,16,18H,6-8,11-12H2,1-2H3,(H,19,20)/p+1/t13-,14-,16+/m0/s1. The van der Waals surface area contributed by atoms with Crippen LogP contribution in [0.2, 0.25) is 0 Å². The first-order chi connectivity index (χ1) is 9.66. The van der Waals surface area contributed by atoms with E-state index >= 15 is 0 Å². The van der Waals surface area contributed by atoms with Gasteiger partial charge < -0.3 is 10.6 Å². The second-order valence-corrected chi connectivity index (χ2v) is 6.07. The largest absolute Gasteiger partial charge is 0.348 e. The molecule has 20 heavy (non-hydrogen) atoms. The van der Waals surface area contributed by atoms with Crippen LogP contribution in [0, 0.1) is 5.92 Å². The summed E-state index contributed by atoms with van der Waals surface area (Å²) in [5.41, 5.74) is 1.27. The first kappa shape index (κ1) is 15.0. The van der Waals surface area contributed by atoms with Crippen molar-refractivity contribution in [2.24, 2.45) is 5.92 Å². The fourth-order valence-corrected chi connectivity index (χ4v) is 2.97. The molecular formula is C17H27N2O+. The van der Waals surface area contributed by atoms with Crippen molar-refractivity contribution in [1.82, 2.24) is 5.32 Å². The fraction of sp³-hybridized carbons (Fsp3) is 0.588. The predicted molar refractivity (Wildman–Crippen MR) is 81.2 cm³/mol. The lowest BCUT2D eigenvalue weighted by Gasteiger charge is -2.29. The lowest BCUT2D eigenvalue weighted by atomic mass is 9.86. The topological polar surface area (TPSA) is 45.7 Å². The van der Waals surface area contributed by atoms with E-state index in [1.807, 2.05) is 18.2 Å². The third-order valence-corrected chi connectivity index (χ3v) is 4.44. The molecule has 1 saturated carbocycles. The van der Waals surface area contributed by atoms with Crippen molar-refractivity contribution in [3.63, 3.8) is 0 Å². The smallest absolute Gasteiger partial charge is 0.275 e. The maximum absolute atomic E-state index is 12.1. The molecule has 3 nitrogen and oxygen atoms in total. The first-order valence-electron chi connectivity index (χ1n) is 7.84. The van der Waals surface area contributed by atoms with Crippen LogP contribution in [-0.4, -0.2) is 18.5 Å². The van der Waals surface area contributed by atoms with Crippen LogP contribution in [0.1, 0.15) is 51.1 Å². The molecule has 1 fully saturated rings. The molecule has 0 saturated heterocycles.